The summed E-state index contributed by atoms with van der Waals surface area (Å²) in [5, 5.41) is 3.29. The number of furan rings is 1. The minimum atomic E-state index is -0.465. The van der Waals surface area contributed by atoms with Gasteiger partial charge in [0, 0.05) is 24.3 Å². The summed E-state index contributed by atoms with van der Waals surface area (Å²) in [5.41, 5.74) is 1.72. The smallest absolute Gasteiger partial charge is 0.374 e. The second kappa shape index (κ2) is 9.39. The Morgan fingerprint density at radius 2 is 2.14 bits per heavy atom. The van der Waals surface area contributed by atoms with Crippen molar-refractivity contribution in [1.82, 2.24) is 10.3 Å². The van der Waals surface area contributed by atoms with Gasteiger partial charge in [0.2, 0.25) is 5.76 Å². The highest BCUT2D eigenvalue weighted by atomic mass is 35.5. The molecule has 2 heterocycles. The maximum atomic E-state index is 11.5. The largest absolute Gasteiger partial charge is 0.463 e. The fraction of sp³-hybridized carbons (Fsp3) is 0.286. The number of esters is 1. The summed E-state index contributed by atoms with van der Waals surface area (Å²) in [7, 11) is 1.33. The molecule has 0 saturated heterocycles. The lowest BCUT2D eigenvalue weighted by Gasteiger charge is -2.12. The Labute approximate surface area is 135 Å². The van der Waals surface area contributed by atoms with Gasteiger partial charge in [0.15, 0.2) is 0 Å². The van der Waals surface area contributed by atoms with Gasteiger partial charge in [-0.05, 0) is 25.1 Å². The van der Waals surface area contributed by atoms with Gasteiger partial charge in [-0.15, -0.1) is 24.8 Å². The monoisotopic (exact) mass is 332 g/mol. The van der Waals surface area contributed by atoms with Crippen LogP contribution < -0.4 is 5.32 Å². The molecule has 0 saturated carbocycles. The first-order valence-corrected chi connectivity index (χ1v) is 6.01. The number of nitrogens with one attached hydrogen (secondary N) is 1. The fourth-order valence-electron chi connectivity index (χ4n) is 1.75. The first-order valence-electron chi connectivity index (χ1n) is 6.01. The third-order valence-corrected chi connectivity index (χ3v) is 2.85. The van der Waals surface area contributed by atoms with Gasteiger partial charge >= 0.3 is 5.97 Å². The summed E-state index contributed by atoms with van der Waals surface area (Å²) < 4.78 is 9.78. The quantitative estimate of drug-likeness (QED) is 0.852. The highest BCUT2D eigenvalue weighted by molar-refractivity contribution is 5.87. The maximum absolute atomic E-state index is 11.5. The molecule has 7 heteroatoms. The average molecular weight is 333 g/mol. The van der Waals surface area contributed by atoms with Crippen molar-refractivity contribution in [3.63, 3.8) is 0 Å². The van der Waals surface area contributed by atoms with Gasteiger partial charge in [-0.1, -0.05) is 6.07 Å². The molecule has 2 aromatic rings. The van der Waals surface area contributed by atoms with Crippen molar-refractivity contribution < 1.29 is 13.9 Å². The van der Waals surface area contributed by atoms with E-state index in [-0.39, 0.29) is 36.6 Å². The molecular weight excluding hydrogens is 315 g/mol. The van der Waals surface area contributed by atoms with E-state index in [2.05, 4.69) is 15.0 Å². The molecule has 0 spiro atoms. The second-order valence-corrected chi connectivity index (χ2v) is 4.12. The molecule has 2 rings (SSSR count). The molecule has 0 radical (unpaired) electrons. The molecule has 5 nitrogen and oxygen atoms in total. The van der Waals surface area contributed by atoms with Crippen LogP contribution in [-0.2, 0) is 11.3 Å². The zero-order valence-electron chi connectivity index (χ0n) is 11.7. The van der Waals surface area contributed by atoms with Crippen LogP contribution in [0.25, 0.3) is 0 Å². The van der Waals surface area contributed by atoms with E-state index in [1.807, 2.05) is 25.1 Å². The van der Waals surface area contributed by atoms with Crippen LogP contribution in [0.5, 0.6) is 0 Å². The number of hydrogen-bond acceptors (Lipinski definition) is 5. The normalized spacial score (nSPS) is 11.0. The number of carbonyl (C=O) groups is 1. The molecule has 21 heavy (non-hydrogen) atoms. The zero-order valence-corrected chi connectivity index (χ0v) is 13.4. The molecular formula is C14H18Cl2N2O3. The molecule has 1 unspecified atom stereocenters. The van der Waals surface area contributed by atoms with Crippen LogP contribution in [0.4, 0.5) is 0 Å². The summed E-state index contributed by atoms with van der Waals surface area (Å²) in [5.74, 6) is -0.226. The number of ether oxygens (including phenoxy) is 1. The number of halogens is 2. The van der Waals surface area contributed by atoms with E-state index in [0.29, 0.717) is 6.54 Å². The van der Waals surface area contributed by atoms with Crippen molar-refractivity contribution in [1.29, 1.82) is 0 Å². The maximum Gasteiger partial charge on any atom is 0.374 e. The highest BCUT2D eigenvalue weighted by Gasteiger charge is 2.16. The van der Waals surface area contributed by atoms with Crippen LogP contribution in [-0.4, -0.2) is 18.1 Å². The third kappa shape index (κ3) is 5.04. The van der Waals surface area contributed by atoms with Crippen molar-refractivity contribution >= 4 is 30.8 Å². The van der Waals surface area contributed by atoms with Crippen LogP contribution in [0.15, 0.2) is 41.1 Å². The number of carbonyl (C=O) groups excluding carboxylic acids is 1. The van der Waals surface area contributed by atoms with Crippen LogP contribution in [0.2, 0.25) is 0 Å². The van der Waals surface area contributed by atoms with Crippen molar-refractivity contribution in [3.05, 3.63) is 53.7 Å². The molecule has 0 aliphatic rings. The standard InChI is InChI=1S/C14H16N2O3.2ClH/c1-10(12-5-3-4-7-15-12)16-9-11-6-8-19-13(11)14(17)18-2;;/h3-8,10,16H,9H2,1-2H3;2*1H. The lowest BCUT2D eigenvalue weighted by Crippen LogP contribution is -2.20. The van der Waals surface area contributed by atoms with Crippen LogP contribution >= 0.6 is 24.8 Å². The Kier molecular flexibility index (Phi) is 8.69. The van der Waals surface area contributed by atoms with E-state index in [1.165, 1.54) is 13.4 Å². The molecule has 0 aliphatic carbocycles. The highest BCUT2D eigenvalue weighted by Crippen LogP contribution is 2.14. The number of hydrogen-bond donors (Lipinski definition) is 1. The molecule has 0 amide bonds. The van der Waals surface area contributed by atoms with E-state index in [0.717, 1.165) is 11.3 Å². The number of aromatic nitrogens is 1. The molecule has 2 aromatic heterocycles. The van der Waals surface area contributed by atoms with Crippen molar-refractivity contribution in [3.8, 4) is 0 Å². The summed E-state index contributed by atoms with van der Waals surface area (Å²) in [4.78, 5) is 15.7. The predicted octanol–water partition coefficient (Wildman–Crippen LogP) is 3.16. The van der Waals surface area contributed by atoms with E-state index in [1.54, 1.807) is 12.3 Å². The van der Waals surface area contributed by atoms with Crippen LogP contribution in [0.1, 0.15) is 34.8 Å². The molecule has 1 N–H and O–H groups in total. The van der Waals surface area contributed by atoms with E-state index in [4.69, 9.17) is 4.42 Å². The Bertz CT molecular complexity index is 546. The Hall–Kier alpha value is -1.56. The van der Waals surface area contributed by atoms with Gasteiger partial charge in [0.25, 0.3) is 0 Å². The summed E-state index contributed by atoms with van der Waals surface area (Å²) in [6, 6.07) is 7.61. The second-order valence-electron chi connectivity index (χ2n) is 4.12. The minimum Gasteiger partial charge on any atom is -0.463 e. The van der Waals surface area contributed by atoms with Crippen LogP contribution in [0.3, 0.4) is 0 Å². The SMILES string of the molecule is COC(=O)c1occc1CNC(C)c1ccccn1.Cl.Cl. The van der Waals surface area contributed by atoms with Gasteiger partial charge < -0.3 is 14.5 Å². The zero-order chi connectivity index (χ0) is 13.7. The Balaban J connectivity index is 0.00000200. The van der Waals surface area contributed by atoms with Gasteiger partial charge in [0.05, 0.1) is 19.1 Å². The van der Waals surface area contributed by atoms with Crippen molar-refractivity contribution in [2.24, 2.45) is 0 Å². The van der Waals surface area contributed by atoms with Gasteiger partial charge in [-0.25, -0.2) is 4.79 Å². The first kappa shape index (κ1) is 19.4. The lowest BCUT2D eigenvalue weighted by atomic mass is 10.2. The molecule has 0 aliphatic heterocycles. The Morgan fingerprint density at radius 3 is 2.76 bits per heavy atom. The van der Waals surface area contributed by atoms with E-state index >= 15 is 0 Å². The van der Waals surface area contributed by atoms with Crippen molar-refractivity contribution in [2.45, 2.75) is 19.5 Å². The summed E-state index contributed by atoms with van der Waals surface area (Å²) in [6.07, 6.45) is 3.24. The molecule has 1 atom stereocenters. The van der Waals surface area contributed by atoms with Crippen LogP contribution in [0, 0.1) is 0 Å². The number of pyridine rings is 1. The third-order valence-electron chi connectivity index (χ3n) is 2.85. The molecule has 116 valence electrons. The Morgan fingerprint density at radius 1 is 1.38 bits per heavy atom. The van der Waals surface area contributed by atoms with Gasteiger partial charge in [-0.2, -0.15) is 0 Å². The number of methoxy groups -OCH3 is 1. The summed E-state index contributed by atoms with van der Waals surface area (Å²) in [6.45, 7) is 2.53. The van der Waals surface area contributed by atoms with Crippen molar-refractivity contribution in [2.75, 3.05) is 7.11 Å². The average Bonchev–Trinajstić information content (AvgIpc) is 2.93. The number of rotatable bonds is 5. The number of nitrogens with zero attached hydrogens (tertiary/aromatic N) is 1. The van der Waals surface area contributed by atoms with Gasteiger partial charge in [0.1, 0.15) is 0 Å². The molecule has 0 bridgehead atoms. The van der Waals surface area contributed by atoms with E-state index < -0.39 is 5.97 Å². The topological polar surface area (TPSA) is 64.4 Å². The minimum absolute atomic E-state index is 0. The van der Waals surface area contributed by atoms with E-state index in [9.17, 15) is 4.79 Å². The first-order chi connectivity index (χ1) is 9.22. The lowest BCUT2D eigenvalue weighted by molar-refractivity contribution is 0.0563. The van der Waals surface area contributed by atoms with Gasteiger partial charge in [-0.3, -0.25) is 4.98 Å². The fourth-order valence-corrected chi connectivity index (χ4v) is 1.75. The summed E-state index contributed by atoms with van der Waals surface area (Å²) >= 11 is 0. The predicted molar refractivity (Wildman–Crippen MR) is 84.0 cm³/mol. The molecule has 0 fully saturated rings. The molecule has 0 aromatic carbocycles.